The Bertz CT molecular complexity index is 235. The van der Waals surface area contributed by atoms with Crippen molar-refractivity contribution in [3.63, 3.8) is 0 Å². The molecule has 1 aliphatic heterocycles. The molecule has 14 heavy (non-hydrogen) atoms. The molecule has 2 fully saturated rings. The highest BCUT2D eigenvalue weighted by molar-refractivity contribution is 5.75. The van der Waals surface area contributed by atoms with Crippen LogP contribution in [0.2, 0.25) is 0 Å². The van der Waals surface area contributed by atoms with Gasteiger partial charge < -0.3 is 5.11 Å². The van der Waals surface area contributed by atoms with Crippen LogP contribution in [0.5, 0.6) is 0 Å². The Kier molecular flexibility index (Phi) is 2.52. The zero-order valence-electron chi connectivity index (χ0n) is 8.83. The van der Waals surface area contributed by atoms with E-state index >= 15 is 0 Å². The fraction of sp³-hybridized carbons (Fsp3) is 0.909. The summed E-state index contributed by atoms with van der Waals surface area (Å²) in [5, 5.41) is 9.28. The SMILES string of the molecule is CC1(C(=O)O)CCCC1N1CCCC1. The van der Waals surface area contributed by atoms with E-state index in [0.29, 0.717) is 6.04 Å². The third kappa shape index (κ3) is 1.44. The van der Waals surface area contributed by atoms with Crippen LogP contribution < -0.4 is 0 Å². The molecule has 1 saturated heterocycles. The molecule has 0 aromatic heterocycles. The molecule has 80 valence electrons. The van der Waals surface area contributed by atoms with Crippen molar-refractivity contribution in [3.8, 4) is 0 Å². The van der Waals surface area contributed by atoms with E-state index in [1.165, 1.54) is 12.8 Å². The lowest BCUT2D eigenvalue weighted by Gasteiger charge is -2.34. The Labute approximate surface area is 85.1 Å². The van der Waals surface area contributed by atoms with Crippen molar-refractivity contribution in [2.24, 2.45) is 5.41 Å². The summed E-state index contributed by atoms with van der Waals surface area (Å²) in [6.45, 7) is 4.13. The first-order chi connectivity index (χ1) is 6.64. The fourth-order valence-corrected chi connectivity index (χ4v) is 3.04. The average Bonchev–Trinajstić information content (AvgIpc) is 2.72. The Hall–Kier alpha value is -0.570. The number of carboxylic acid groups (broad SMARTS) is 1. The molecule has 2 unspecified atom stereocenters. The number of nitrogens with zero attached hydrogens (tertiary/aromatic N) is 1. The lowest BCUT2D eigenvalue weighted by atomic mass is 9.84. The third-order valence-corrected chi connectivity index (χ3v) is 3.98. The average molecular weight is 197 g/mol. The monoisotopic (exact) mass is 197 g/mol. The minimum absolute atomic E-state index is 0.294. The highest BCUT2D eigenvalue weighted by Gasteiger charge is 2.48. The molecule has 0 spiro atoms. The fourth-order valence-electron chi connectivity index (χ4n) is 3.04. The van der Waals surface area contributed by atoms with Crippen molar-refractivity contribution < 1.29 is 9.90 Å². The molecule has 1 aliphatic carbocycles. The molecule has 0 amide bonds. The van der Waals surface area contributed by atoms with Gasteiger partial charge in [0.2, 0.25) is 0 Å². The Morgan fingerprint density at radius 3 is 2.57 bits per heavy atom. The van der Waals surface area contributed by atoms with E-state index in [1.807, 2.05) is 6.92 Å². The van der Waals surface area contributed by atoms with Gasteiger partial charge in [0.1, 0.15) is 0 Å². The van der Waals surface area contributed by atoms with Gasteiger partial charge in [-0.05, 0) is 45.7 Å². The van der Waals surface area contributed by atoms with Crippen LogP contribution in [0.25, 0.3) is 0 Å². The molecule has 0 aromatic carbocycles. The first kappa shape index (κ1) is 9.97. The van der Waals surface area contributed by atoms with Gasteiger partial charge in [-0.15, -0.1) is 0 Å². The number of carboxylic acids is 1. The topological polar surface area (TPSA) is 40.5 Å². The molecule has 2 atom stereocenters. The maximum absolute atomic E-state index is 11.3. The van der Waals surface area contributed by atoms with Crippen molar-refractivity contribution in [1.29, 1.82) is 0 Å². The predicted octanol–water partition coefficient (Wildman–Crippen LogP) is 1.73. The smallest absolute Gasteiger partial charge is 0.310 e. The van der Waals surface area contributed by atoms with E-state index in [9.17, 15) is 9.90 Å². The standard InChI is InChI=1S/C11H19NO2/c1-11(10(13)14)6-4-5-9(11)12-7-2-3-8-12/h9H,2-8H2,1H3,(H,13,14). The minimum Gasteiger partial charge on any atom is -0.481 e. The first-order valence-corrected chi connectivity index (χ1v) is 5.62. The normalized spacial score (nSPS) is 39.1. The van der Waals surface area contributed by atoms with Gasteiger partial charge in [-0.1, -0.05) is 6.42 Å². The van der Waals surface area contributed by atoms with Crippen LogP contribution in [0.3, 0.4) is 0 Å². The van der Waals surface area contributed by atoms with Crippen molar-refractivity contribution >= 4 is 5.97 Å². The van der Waals surface area contributed by atoms with Crippen LogP contribution in [0.1, 0.15) is 39.0 Å². The van der Waals surface area contributed by atoms with Gasteiger partial charge in [0.15, 0.2) is 0 Å². The van der Waals surface area contributed by atoms with Gasteiger partial charge in [0.25, 0.3) is 0 Å². The lowest BCUT2D eigenvalue weighted by molar-refractivity contribution is -0.150. The van der Waals surface area contributed by atoms with E-state index in [0.717, 1.165) is 32.4 Å². The molecule has 1 N–H and O–H groups in total. The highest BCUT2D eigenvalue weighted by Crippen LogP contribution is 2.42. The predicted molar refractivity (Wildman–Crippen MR) is 54.2 cm³/mol. The second-order valence-corrected chi connectivity index (χ2v) is 4.87. The second-order valence-electron chi connectivity index (χ2n) is 4.87. The van der Waals surface area contributed by atoms with Gasteiger partial charge in [-0.3, -0.25) is 9.69 Å². The van der Waals surface area contributed by atoms with Crippen molar-refractivity contribution in [3.05, 3.63) is 0 Å². The van der Waals surface area contributed by atoms with E-state index < -0.39 is 11.4 Å². The lowest BCUT2D eigenvalue weighted by Crippen LogP contribution is -2.46. The zero-order valence-corrected chi connectivity index (χ0v) is 8.83. The maximum Gasteiger partial charge on any atom is 0.310 e. The Balaban J connectivity index is 2.13. The molecule has 2 aliphatic rings. The van der Waals surface area contributed by atoms with Crippen LogP contribution in [0.4, 0.5) is 0 Å². The van der Waals surface area contributed by atoms with Gasteiger partial charge in [-0.2, -0.15) is 0 Å². The molecule has 0 radical (unpaired) electrons. The molecule has 1 heterocycles. The summed E-state index contributed by atoms with van der Waals surface area (Å²) in [7, 11) is 0. The summed E-state index contributed by atoms with van der Waals surface area (Å²) in [5.74, 6) is -0.605. The third-order valence-electron chi connectivity index (χ3n) is 3.98. The minimum atomic E-state index is -0.605. The molecule has 3 nitrogen and oxygen atoms in total. The van der Waals surface area contributed by atoms with Gasteiger partial charge >= 0.3 is 5.97 Å². The van der Waals surface area contributed by atoms with Crippen molar-refractivity contribution in [1.82, 2.24) is 4.90 Å². The number of likely N-dealkylation sites (tertiary alicyclic amines) is 1. The van der Waals surface area contributed by atoms with Gasteiger partial charge in [0, 0.05) is 6.04 Å². The summed E-state index contributed by atoms with van der Waals surface area (Å²) >= 11 is 0. The highest BCUT2D eigenvalue weighted by atomic mass is 16.4. The molecule has 2 rings (SSSR count). The van der Waals surface area contributed by atoms with Crippen molar-refractivity contribution in [2.75, 3.05) is 13.1 Å². The van der Waals surface area contributed by atoms with Gasteiger partial charge in [-0.25, -0.2) is 0 Å². The quantitative estimate of drug-likeness (QED) is 0.733. The largest absolute Gasteiger partial charge is 0.481 e. The number of carbonyl (C=O) groups is 1. The summed E-state index contributed by atoms with van der Waals surface area (Å²) in [4.78, 5) is 13.7. The van der Waals surface area contributed by atoms with E-state index in [2.05, 4.69) is 4.90 Å². The number of aliphatic carboxylic acids is 1. The maximum atomic E-state index is 11.3. The van der Waals surface area contributed by atoms with E-state index in [1.54, 1.807) is 0 Å². The van der Waals surface area contributed by atoms with Crippen LogP contribution in [-0.2, 0) is 4.79 Å². The molecular formula is C11H19NO2. The summed E-state index contributed by atoms with van der Waals surface area (Å²) in [6.07, 6.45) is 5.48. The molecule has 1 saturated carbocycles. The van der Waals surface area contributed by atoms with Crippen LogP contribution in [0, 0.1) is 5.41 Å². The Morgan fingerprint density at radius 1 is 1.36 bits per heavy atom. The zero-order chi connectivity index (χ0) is 10.2. The summed E-state index contributed by atoms with van der Waals surface area (Å²) < 4.78 is 0. The molecule has 0 aromatic rings. The second kappa shape index (κ2) is 3.54. The van der Waals surface area contributed by atoms with E-state index in [-0.39, 0.29) is 0 Å². The van der Waals surface area contributed by atoms with E-state index in [4.69, 9.17) is 0 Å². The van der Waals surface area contributed by atoms with Crippen LogP contribution in [-0.4, -0.2) is 35.1 Å². The first-order valence-electron chi connectivity index (χ1n) is 5.62. The van der Waals surface area contributed by atoms with Crippen LogP contribution in [0.15, 0.2) is 0 Å². The van der Waals surface area contributed by atoms with Crippen LogP contribution >= 0.6 is 0 Å². The molecular weight excluding hydrogens is 178 g/mol. The van der Waals surface area contributed by atoms with Crippen molar-refractivity contribution in [2.45, 2.75) is 45.1 Å². The Morgan fingerprint density at radius 2 is 2.00 bits per heavy atom. The summed E-state index contributed by atoms with van der Waals surface area (Å²) in [5.41, 5.74) is -0.482. The number of rotatable bonds is 2. The molecule has 0 bridgehead atoms. The molecule has 3 heteroatoms. The number of hydrogen-bond donors (Lipinski definition) is 1. The van der Waals surface area contributed by atoms with Gasteiger partial charge in [0.05, 0.1) is 5.41 Å². The summed E-state index contributed by atoms with van der Waals surface area (Å²) in [6, 6.07) is 0.294. The number of hydrogen-bond acceptors (Lipinski definition) is 2.